The molecule has 1 aliphatic rings. The van der Waals surface area contributed by atoms with Gasteiger partial charge in [-0.3, -0.25) is 0 Å². The first kappa shape index (κ1) is 13.0. The number of nitrogens with zero attached hydrogens (tertiary/aromatic N) is 1. The van der Waals surface area contributed by atoms with E-state index in [2.05, 4.69) is 17.6 Å². The Morgan fingerprint density at radius 1 is 1.28 bits per heavy atom. The van der Waals surface area contributed by atoms with Crippen molar-refractivity contribution in [3.8, 4) is 5.75 Å². The summed E-state index contributed by atoms with van der Waals surface area (Å²) in [6, 6.07) is 6.21. The van der Waals surface area contributed by atoms with Crippen molar-refractivity contribution in [1.82, 2.24) is 4.57 Å². The number of rotatable bonds is 1. The van der Waals surface area contributed by atoms with E-state index in [4.69, 9.17) is 9.47 Å². The SMILES string of the molecule is CC.COc1cccc2c(C)c3n(c12)CCOC3. The Morgan fingerprint density at radius 3 is 2.78 bits per heavy atom. The van der Waals surface area contributed by atoms with Crippen LogP contribution in [0, 0.1) is 6.92 Å². The summed E-state index contributed by atoms with van der Waals surface area (Å²) in [5.41, 5.74) is 3.81. The van der Waals surface area contributed by atoms with Gasteiger partial charge in [0.25, 0.3) is 0 Å². The Balaban J connectivity index is 0.000000574. The van der Waals surface area contributed by atoms with Gasteiger partial charge in [0.2, 0.25) is 0 Å². The highest BCUT2D eigenvalue weighted by Gasteiger charge is 2.19. The van der Waals surface area contributed by atoms with Crippen LogP contribution < -0.4 is 4.74 Å². The summed E-state index contributed by atoms with van der Waals surface area (Å²) >= 11 is 0. The van der Waals surface area contributed by atoms with Gasteiger partial charge >= 0.3 is 0 Å². The fourth-order valence-corrected chi connectivity index (χ4v) is 2.52. The molecule has 1 aromatic heterocycles. The van der Waals surface area contributed by atoms with Crippen molar-refractivity contribution in [2.45, 2.75) is 33.9 Å². The molecule has 0 atom stereocenters. The average molecular weight is 247 g/mol. The van der Waals surface area contributed by atoms with Crippen LogP contribution in [0.2, 0.25) is 0 Å². The lowest BCUT2D eigenvalue weighted by Gasteiger charge is -2.18. The summed E-state index contributed by atoms with van der Waals surface area (Å²) in [7, 11) is 1.73. The van der Waals surface area contributed by atoms with Crippen LogP contribution in [-0.2, 0) is 17.9 Å². The second kappa shape index (κ2) is 5.44. The molecule has 2 aromatic rings. The number of fused-ring (bicyclic) bond motifs is 3. The first-order valence-corrected chi connectivity index (χ1v) is 6.55. The lowest BCUT2D eigenvalue weighted by molar-refractivity contribution is 0.0858. The molecule has 1 aliphatic heterocycles. The molecule has 0 amide bonds. The van der Waals surface area contributed by atoms with E-state index in [1.165, 1.54) is 22.2 Å². The highest BCUT2D eigenvalue weighted by Crippen LogP contribution is 2.33. The van der Waals surface area contributed by atoms with Gasteiger partial charge in [0.05, 0.1) is 25.8 Å². The summed E-state index contributed by atoms with van der Waals surface area (Å²) in [5.74, 6) is 0.953. The minimum absolute atomic E-state index is 0.712. The van der Waals surface area contributed by atoms with Gasteiger partial charge in [-0.1, -0.05) is 26.0 Å². The van der Waals surface area contributed by atoms with Gasteiger partial charge in [-0.15, -0.1) is 0 Å². The van der Waals surface area contributed by atoms with E-state index in [1.807, 2.05) is 26.0 Å². The molecule has 18 heavy (non-hydrogen) atoms. The average Bonchev–Trinajstić information content (AvgIpc) is 2.75. The highest BCUT2D eigenvalue weighted by atomic mass is 16.5. The van der Waals surface area contributed by atoms with E-state index < -0.39 is 0 Å². The Bertz CT molecular complexity index is 543. The van der Waals surface area contributed by atoms with Crippen LogP contribution in [0.15, 0.2) is 18.2 Å². The van der Waals surface area contributed by atoms with E-state index in [0.29, 0.717) is 6.61 Å². The van der Waals surface area contributed by atoms with E-state index >= 15 is 0 Å². The zero-order valence-electron chi connectivity index (χ0n) is 11.6. The summed E-state index contributed by atoms with van der Waals surface area (Å²) in [5, 5.41) is 1.28. The topological polar surface area (TPSA) is 23.4 Å². The second-order valence-corrected chi connectivity index (χ2v) is 4.13. The molecule has 0 unspecified atom stereocenters. The van der Waals surface area contributed by atoms with Crippen molar-refractivity contribution in [3.05, 3.63) is 29.5 Å². The lowest BCUT2D eigenvalue weighted by atomic mass is 10.1. The summed E-state index contributed by atoms with van der Waals surface area (Å²) < 4.78 is 13.3. The molecule has 0 radical (unpaired) electrons. The van der Waals surface area contributed by atoms with Crippen molar-refractivity contribution in [2.24, 2.45) is 0 Å². The van der Waals surface area contributed by atoms with Crippen LogP contribution in [0.25, 0.3) is 10.9 Å². The highest BCUT2D eigenvalue weighted by molar-refractivity contribution is 5.90. The van der Waals surface area contributed by atoms with Gasteiger partial charge in [0.15, 0.2) is 0 Å². The molecule has 0 N–H and O–H groups in total. The Labute approximate surface area is 108 Å². The molecule has 2 heterocycles. The van der Waals surface area contributed by atoms with Crippen molar-refractivity contribution >= 4 is 10.9 Å². The lowest BCUT2D eigenvalue weighted by Crippen LogP contribution is -2.16. The van der Waals surface area contributed by atoms with E-state index in [9.17, 15) is 0 Å². The van der Waals surface area contributed by atoms with Crippen LogP contribution >= 0.6 is 0 Å². The Morgan fingerprint density at radius 2 is 2.06 bits per heavy atom. The van der Waals surface area contributed by atoms with Crippen LogP contribution in [-0.4, -0.2) is 18.3 Å². The number of hydrogen-bond acceptors (Lipinski definition) is 2. The van der Waals surface area contributed by atoms with Crippen LogP contribution in [0.1, 0.15) is 25.1 Å². The molecule has 1 aromatic carbocycles. The first-order valence-electron chi connectivity index (χ1n) is 6.55. The van der Waals surface area contributed by atoms with Gasteiger partial charge in [-0.2, -0.15) is 0 Å². The fraction of sp³-hybridized carbons (Fsp3) is 0.467. The maximum absolute atomic E-state index is 5.52. The molecule has 3 nitrogen and oxygen atoms in total. The minimum atomic E-state index is 0.712. The van der Waals surface area contributed by atoms with Gasteiger partial charge < -0.3 is 14.0 Å². The normalized spacial score (nSPS) is 13.8. The standard InChI is InChI=1S/C13H15NO2.C2H6/c1-9-10-4-3-5-12(15-2)13(10)14-6-7-16-8-11(9)14;1-2/h3-5H,6-8H2,1-2H3;1-2H3. The maximum Gasteiger partial charge on any atom is 0.143 e. The smallest absolute Gasteiger partial charge is 0.143 e. The third kappa shape index (κ3) is 1.89. The van der Waals surface area contributed by atoms with Crippen LogP contribution in [0.3, 0.4) is 0 Å². The molecule has 0 fully saturated rings. The molecule has 3 heteroatoms. The van der Waals surface area contributed by atoms with Gasteiger partial charge in [0, 0.05) is 17.6 Å². The van der Waals surface area contributed by atoms with Crippen LogP contribution in [0.5, 0.6) is 5.75 Å². The van der Waals surface area contributed by atoms with Gasteiger partial charge in [-0.05, 0) is 18.6 Å². The largest absolute Gasteiger partial charge is 0.495 e. The molecule has 3 rings (SSSR count). The number of hydrogen-bond donors (Lipinski definition) is 0. The van der Waals surface area contributed by atoms with Crippen molar-refractivity contribution in [2.75, 3.05) is 13.7 Å². The molecule has 0 bridgehead atoms. The number of aryl methyl sites for hydroxylation is 1. The molecule has 0 aliphatic carbocycles. The second-order valence-electron chi connectivity index (χ2n) is 4.13. The van der Waals surface area contributed by atoms with Crippen molar-refractivity contribution in [1.29, 1.82) is 0 Å². The molecular formula is C15H21NO2. The van der Waals surface area contributed by atoms with Crippen LogP contribution in [0.4, 0.5) is 0 Å². The Kier molecular flexibility index (Phi) is 3.92. The maximum atomic E-state index is 5.52. The zero-order valence-corrected chi connectivity index (χ0v) is 11.6. The minimum Gasteiger partial charge on any atom is -0.495 e. The Hall–Kier alpha value is -1.48. The molecular weight excluding hydrogens is 226 g/mol. The first-order chi connectivity index (χ1) is 8.83. The number of benzene rings is 1. The van der Waals surface area contributed by atoms with Gasteiger partial charge in [0.1, 0.15) is 5.75 Å². The third-order valence-electron chi connectivity index (χ3n) is 3.35. The predicted octanol–water partition coefficient (Wildman–Crippen LogP) is 3.51. The summed E-state index contributed by atoms with van der Waals surface area (Å²) in [4.78, 5) is 0. The van der Waals surface area contributed by atoms with E-state index in [1.54, 1.807) is 7.11 Å². The molecule has 0 spiro atoms. The number of ether oxygens (including phenoxy) is 2. The molecule has 0 saturated carbocycles. The predicted molar refractivity (Wildman–Crippen MR) is 74.2 cm³/mol. The summed E-state index contributed by atoms with van der Waals surface area (Å²) in [6.07, 6.45) is 0. The van der Waals surface area contributed by atoms with Crippen molar-refractivity contribution in [3.63, 3.8) is 0 Å². The zero-order chi connectivity index (χ0) is 13.1. The quantitative estimate of drug-likeness (QED) is 0.769. The number of aromatic nitrogens is 1. The summed E-state index contributed by atoms with van der Waals surface area (Å²) in [6.45, 7) is 8.57. The molecule has 0 saturated heterocycles. The molecule has 98 valence electrons. The van der Waals surface area contributed by atoms with E-state index in [-0.39, 0.29) is 0 Å². The number of methoxy groups -OCH3 is 1. The van der Waals surface area contributed by atoms with Gasteiger partial charge in [-0.25, -0.2) is 0 Å². The monoisotopic (exact) mass is 247 g/mol. The fourth-order valence-electron chi connectivity index (χ4n) is 2.52. The van der Waals surface area contributed by atoms with E-state index in [0.717, 1.165) is 18.9 Å². The number of para-hydroxylation sites is 1. The third-order valence-corrected chi connectivity index (χ3v) is 3.35. The van der Waals surface area contributed by atoms with Crippen molar-refractivity contribution < 1.29 is 9.47 Å².